The minimum Gasteiger partial charge on any atom is -0.508 e. The number of aromatic hydroxyl groups is 1. The summed E-state index contributed by atoms with van der Waals surface area (Å²) < 4.78 is 6.60. The summed E-state index contributed by atoms with van der Waals surface area (Å²) in [4.78, 5) is 11.5. The first-order valence-corrected chi connectivity index (χ1v) is 6.73. The predicted octanol–water partition coefficient (Wildman–Crippen LogP) is 2.35. The lowest BCUT2D eigenvalue weighted by Crippen LogP contribution is -2.03. The highest BCUT2D eigenvalue weighted by atomic mass is 16.5. The molecule has 0 saturated carbocycles. The Labute approximate surface area is 131 Å². The Hall–Kier alpha value is -3.35. The summed E-state index contributed by atoms with van der Waals surface area (Å²) in [7, 11) is 1.53. The second kappa shape index (κ2) is 5.80. The second-order valence-corrected chi connectivity index (χ2v) is 4.75. The van der Waals surface area contributed by atoms with Crippen LogP contribution in [-0.2, 0) is 0 Å². The highest BCUT2D eigenvalue weighted by molar-refractivity contribution is 5.93. The van der Waals surface area contributed by atoms with Crippen molar-refractivity contribution in [1.29, 1.82) is 0 Å². The largest absolute Gasteiger partial charge is 0.508 e. The van der Waals surface area contributed by atoms with E-state index in [1.807, 2.05) is 0 Å². The van der Waals surface area contributed by atoms with Crippen molar-refractivity contribution in [2.75, 3.05) is 7.11 Å². The number of aromatic nitrogens is 3. The number of methoxy groups -OCH3 is 1. The van der Waals surface area contributed by atoms with Crippen molar-refractivity contribution >= 4 is 5.97 Å². The van der Waals surface area contributed by atoms with Gasteiger partial charge in [0.25, 0.3) is 0 Å². The lowest BCUT2D eigenvalue weighted by Gasteiger charge is -2.09. The molecule has 0 radical (unpaired) electrons. The van der Waals surface area contributed by atoms with Crippen LogP contribution in [-0.4, -0.2) is 38.3 Å². The van der Waals surface area contributed by atoms with Gasteiger partial charge in [-0.15, -0.1) is 5.10 Å². The second-order valence-electron chi connectivity index (χ2n) is 4.75. The molecule has 7 heteroatoms. The van der Waals surface area contributed by atoms with E-state index in [4.69, 9.17) is 4.74 Å². The van der Waals surface area contributed by atoms with E-state index in [1.54, 1.807) is 36.4 Å². The SMILES string of the molecule is COc1cccc(-c2c(C(=O)O)nnn2-c2ccc(O)cc2)c1. The highest BCUT2D eigenvalue weighted by Gasteiger charge is 2.21. The molecular weight excluding hydrogens is 298 g/mol. The summed E-state index contributed by atoms with van der Waals surface area (Å²) in [5.41, 5.74) is 1.37. The maximum atomic E-state index is 11.5. The number of hydrogen-bond donors (Lipinski definition) is 2. The zero-order valence-corrected chi connectivity index (χ0v) is 12.2. The Morgan fingerprint density at radius 3 is 2.57 bits per heavy atom. The van der Waals surface area contributed by atoms with Gasteiger partial charge in [0.15, 0.2) is 5.69 Å². The van der Waals surface area contributed by atoms with Crippen LogP contribution < -0.4 is 4.74 Å². The summed E-state index contributed by atoms with van der Waals surface area (Å²) in [5.74, 6) is -0.472. The van der Waals surface area contributed by atoms with Gasteiger partial charge in [-0.3, -0.25) is 0 Å². The van der Waals surface area contributed by atoms with E-state index >= 15 is 0 Å². The molecule has 3 rings (SSSR count). The van der Waals surface area contributed by atoms with Crippen molar-refractivity contribution in [3.05, 3.63) is 54.2 Å². The molecule has 0 unspecified atom stereocenters. The van der Waals surface area contributed by atoms with Crippen molar-refractivity contribution in [2.24, 2.45) is 0 Å². The standard InChI is InChI=1S/C16H13N3O4/c1-23-13-4-2-3-10(9-13)15-14(16(21)22)17-18-19(15)11-5-7-12(20)8-6-11/h2-9,20H,1H3,(H,21,22). The first-order valence-electron chi connectivity index (χ1n) is 6.73. The van der Waals surface area contributed by atoms with E-state index in [0.717, 1.165) is 0 Å². The monoisotopic (exact) mass is 311 g/mol. The summed E-state index contributed by atoms with van der Waals surface area (Å²) in [6.07, 6.45) is 0. The maximum Gasteiger partial charge on any atom is 0.358 e. The van der Waals surface area contributed by atoms with Gasteiger partial charge in [0.05, 0.1) is 12.8 Å². The number of nitrogens with zero attached hydrogens (tertiary/aromatic N) is 3. The van der Waals surface area contributed by atoms with Crippen LogP contribution in [0.1, 0.15) is 10.5 Å². The Morgan fingerprint density at radius 2 is 1.91 bits per heavy atom. The normalized spacial score (nSPS) is 10.5. The Bertz CT molecular complexity index is 856. The average molecular weight is 311 g/mol. The molecule has 2 N–H and O–H groups in total. The number of rotatable bonds is 4. The predicted molar refractivity (Wildman–Crippen MR) is 82.0 cm³/mol. The van der Waals surface area contributed by atoms with Crippen LogP contribution in [0.15, 0.2) is 48.5 Å². The zero-order chi connectivity index (χ0) is 16.4. The van der Waals surface area contributed by atoms with Gasteiger partial charge in [0.1, 0.15) is 17.2 Å². The average Bonchev–Trinajstić information content (AvgIpc) is 3.01. The van der Waals surface area contributed by atoms with Crippen LogP contribution in [0, 0.1) is 0 Å². The first-order chi connectivity index (χ1) is 11.1. The number of aromatic carboxylic acids is 1. The molecule has 1 heterocycles. The number of ether oxygens (including phenoxy) is 1. The Morgan fingerprint density at radius 1 is 1.17 bits per heavy atom. The fraction of sp³-hybridized carbons (Fsp3) is 0.0625. The molecule has 116 valence electrons. The summed E-state index contributed by atoms with van der Waals surface area (Å²) in [6.45, 7) is 0. The van der Waals surface area contributed by atoms with E-state index in [0.29, 0.717) is 22.7 Å². The van der Waals surface area contributed by atoms with Crippen molar-refractivity contribution in [3.8, 4) is 28.4 Å². The first kappa shape index (κ1) is 14.6. The third-order valence-electron chi connectivity index (χ3n) is 3.31. The van der Waals surface area contributed by atoms with Crippen LogP contribution in [0.4, 0.5) is 0 Å². The lowest BCUT2D eigenvalue weighted by molar-refractivity contribution is 0.0691. The summed E-state index contributed by atoms with van der Waals surface area (Å²) >= 11 is 0. The Balaban J connectivity index is 2.22. The number of phenolic OH excluding ortho intramolecular Hbond substituents is 1. The molecule has 0 amide bonds. The molecule has 0 aliphatic carbocycles. The van der Waals surface area contributed by atoms with E-state index < -0.39 is 5.97 Å². The molecule has 0 saturated heterocycles. The minimum absolute atomic E-state index is 0.107. The van der Waals surface area contributed by atoms with Gasteiger partial charge in [-0.1, -0.05) is 17.3 Å². The number of phenols is 1. The van der Waals surface area contributed by atoms with E-state index in [9.17, 15) is 15.0 Å². The number of hydrogen-bond acceptors (Lipinski definition) is 5. The minimum atomic E-state index is -1.17. The molecule has 0 atom stereocenters. The van der Waals surface area contributed by atoms with E-state index in [-0.39, 0.29) is 11.4 Å². The number of benzene rings is 2. The highest BCUT2D eigenvalue weighted by Crippen LogP contribution is 2.28. The van der Waals surface area contributed by atoms with Gasteiger partial charge in [-0.05, 0) is 36.4 Å². The summed E-state index contributed by atoms with van der Waals surface area (Å²) in [5, 5.41) is 26.5. The molecule has 1 aromatic heterocycles. The van der Waals surface area contributed by atoms with Crippen LogP contribution in [0.25, 0.3) is 16.9 Å². The van der Waals surface area contributed by atoms with Gasteiger partial charge < -0.3 is 14.9 Å². The molecule has 0 fully saturated rings. The molecule has 23 heavy (non-hydrogen) atoms. The van der Waals surface area contributed by atoms with Gasteiger partial charge in [0, 0.05) is 5.56 Å². The van der Waals surface area contributed by atoms with E-state index in [2.05, 4.69) is 10.3 Å². The molecule has 7 nitrogen and oxygen atoms in total. The molecule has 0 bridgehead atoms. The molecular formula is C16H13N3O4. The molecule has 0 spiro atoms. The molecule has 0 aliphatic heterocycles. The lowest BCUT2D eigenvalue weighted by atomic mass is 10.1. The number of carboxylic acid groups (broad SMARTS) is 1. The van der Waals surface area contributed by atoms with Gasteiger partial charge in [0.2, 0.25) is 0 Å². The smallest absolute Gasteiger partial charge is 0.358 e. The van der Waals surface area contributed by atoms with Crippen molar-refractivity contribution < 1.29 is 19.7 Å². The van der Waals surface area contributed by atoms with Crippen LogP contribution in [0.2, 0.25) is 0 Å². The van der Waals surface area contributed by atoms with Crippen LogP contribution in [0.5, 0.6) is 11.5 Å². The van der Waals surface area contributed by atoms with Crippen molar-refractivity contribution in [1.82, 2.24) is 15.0 Å². The van der Waals surface area contributed by atoms with Crippen LogP contribution in [0.3, 0.4) is 0 Å². The topological polar surface area (TPSA) is 97.5 Å². The van der Waals surface area contributed by atoms with Crippen LogP contribution >= 0.6 is 0 Å². The maximum absolute atomic E-state index is 11.5. The number of carbonyl (C=O) groups is 1. The van der Waals surface area contributed by atoms with Crippen molar-refractivity contribution in [2.45, 2.75) is 0 Å². The third-order valence-corrected chi connectivity index (χ3v) is 3.31. The van der Waals surface area contributed by atoms with E-state index in [1.165, 1.54) is 23.9 Å². The van der Waals surface area contributed by atoms with Gasteiger partial charge >= 0.3 is 5.97 Å². The molecule has 2 aromatic carbocycles. The fourth-order valence-corrected chi connectivity index (χ4v) is 2.23. The van der Waals surface area contributed by atoms with Gasteiger partial charge in [-0.2, -0.15) is 0 Å². The Kier molecular flexibility index (Phi) is 3.68. The van der Waals surface area contributed by atoms with Gasteiger partial charge in [-0.25, -0.2) is 9.48 Å². The molecule has 3 aromatic rings. The fourth-order valence-electron chi connectivity index (χ4n) is 2.23. The quantitative estimate of drug-likeness (QED) is 0.767. The molecule has 0 aliphatic rings. The van der Waals surface area contributed by atoms with Crippen molar-refractivity contribution in [3.63, 3.8) is 0 Å². The zero-order valence-electron chi connectivity index (χ0n) is 12.2. The summed E-state index contributed by atoms with van der Waals surface area (Å²) in [6, 6.07) is 13.2. The number of carboxylic acids is 1. The third kappa shape index (κ3) is 2.71.